The second-order valence-electron chi connectivity index (χ2n) is 6.58. The van der Waals surface area contributed by atoms with Crippen molar-refractivity contribution in [1.82, 2.24) is 4.90 Å². The molecule has 2 amide bonds. The smallest absolute Gasteiger partial charge is 0.323 e. The van der Waals surface area contributed by atoms with Gasteiger partial charge in [-0.2, -0.15) is 8.42 Å². The summed E-state index contributed by atoms with van der Waals surface area (Å²) < 4.78 is 37.2. The maximum atomic E-state index is 12.2. The number of thioether (sulfide) groups is 1. The van der Waals surface area contributed by atoms with Gasteiger partial charge in [0.2, 0.25) is 5.88 Å². The number of aliphatic carboxylic acids is 1. The van der Waals surface area contributed by atoms with E-state index in [9.17, 15) is 22.8 Å². The second-order valence-corrected chi connectivity index (χ2v) is 9.15. The molecule has 0 atom stereocenters. The number of carboxylic acids is 1. The van der Waals surface area contributed by atoms with Gasteiger partial charge in [-0.1, -0.05) is 18.2 Å². The number of nitrogens with zero attached hydrogens (tertiary/aromatic N) is 2. The predicted octanol–water partition coefficient (Wildman–Crippen LogP) is 2.22. The Kier molecular flexibility index (Phi) is 6.53. The van der Waals surface area contributed by atoms with Gasteiger partial charge in [0, 0.05) is 6.54 Å². The van der Waals surface area contributed by atoms with Crippen LogP contribution in [-0.4, -0.2) is 58.9 Å². The summed E-state index contributed by atoms with van der Waals surface area (Å²) in [5.41, 5.74) is 1.21. The van der Waals surface area contributed by atoms with Crippen LogP contribution in [0.1, 0.15) is 6.92 Å². The third-order valence-corrected chi connectivity index (χ3v) is 5.83. The summed E-state index contributed by atoms with van der Waals surface area (Å²) in [4.78, 5) is 37.2. The number of allylic oxidation sites excluding steroid dienone is 4. The van der Waals surface area contributed by atoms with Crippen LogP contribution in [0.3, 0.4) is 0 Å². The summed E-state index contributed by atoms with van der Waals surface area (Å²) in [5, 5.41) is 8.15. The van der Waals surface area contributed by atoms with E-state index in [1.165, 1.54) is 6.08 Å². The van der Waals surface area contributed by atoms with Gasteiger partial charge in [-0.3, -0.25) is 23.8 Å². The lowest BCUT2D eigenvalue weighted by molar-refractivity contribution is -0.140. The highest BCUT2D eigenvalue weighted by molar-refractivity contribution is 8.18. The average molecular weight is 466 g/mol. The zero-order valence-electron chi connectivity index (χ0n) is 16.2. The van der Waals surface area contributed by atoms with Crippen molar-refractivity contribution in [3.8, 4) is 5.75 Å². The molecule has 3 rings (SSSR count). The Hall–Kier alpha value is -3.09. The van der Waals surface area contributed by atoms with Crippen molar-refractivity contribution in [2.75, 3.05) is 23.7 Å². The molecule has 1 fully saturated rings. The highest BCUT2D eigenvalue weighted by Crippen LogP contribution is 2.38. The molecular formula is C19H18N2O8S2. The molecule has 2 aliphatic rings. The van der Waals surface area contributed by atoms with Gasteiger partial charge in [-0.25, -0.2) is 0 Å². The number of carbonyl (C=O) groups excluding carboxylic acids is 2. The van der Waals surface area contributed by atoms with Crippen LogP contribution in [0, 0.1) is 0 Å². The summed E-state index contributed by atoms with van der Waals surface area (Å²) in [6, 6.07) is 6.98. The molecule has 12 heteroatoms. The van der Waals surface area contributed by atoms with E-state index < -0.39 is 39.5 Å². The van der Waals surface area contributed by atoms with Crippen molar-refractivity contribution in [2.24, 2.45) is 0 Å². The molecule has 1 saturated heterocycles. The van der Waals surface area contributed by atoms with Crippen LogP contribution in [-0.2, 0) is 19.7 Å². The third kappa shape index (κ3) is 5.54. The minimum atomic E-state index is -4.18. The maximum absolute atomic E-state index is 12.2. The normalized spacial score (nSPS) is 19.4. The van der Waals surface area contributed by atoms with Crippen LogP contribution in [0.25, 0.3) is 0 Å². The van der Waals surface area contributed by atoms with Gasteiger partial charge in [0.15, 0.2) is 5.75 Å². The lowest BCUT2D eigenvalue weighted by Gasteiger charge is -2.17. The highest BCUT2D eigenvalue weighted by Gasteiger charge is 2.36. The van der Waals surface area contributed by atoms with Crippen LogP contribution in [0.15, 0.2) is 58.9 Å². The first-order chi connectivity index (χ1) is 14.5. The Morgan fingerprint density at radius 3 is 2.61 bits per heavy atom. The maximum Gasteiger partial charge on any atom is 0.323 e. The molecule has 1 aromatic rings. The number of imide groups is 1. The van der Waals surface area contributed by atoms with Crippen LogP contribution in [0.2, 0.25) is 0 Å². The monoisotopic (exact) mass is 466 g/mol. The fourth-order valence-corrected chi connectivity index (χ4v) is 4.14. The number of amides is 2. The largest absolute Gasteiger partial charge is 0.480 e. The van der Waals surface area contributed by atoms with Crippen molar-refractivity contribution in [1.29, 1.82) is 0 Å². The molecule has 2 N–H and O–H groups in total. The topological polar surface area (TPSA) is 142 Å². The van der Waals surface area contributed by atoms with Crippen LogP contribution >= 0.6 is 11.8 Å². The molecule has 0 saturated carbocycles. The molecule has 1 aromatic carbocycles. The van der Waals surface area contributed by atoms with Gasteiger partial charge in [-0.15, -0.1) is 0 Å². The second kappa shape index (κ2) is 8.96. The number of anilines is 1. The lowest BCUT2D eigenvalue weighted by Crippen LogP contribution is -2.33. The number of hydrogen-bond acceptors (Lipinski definition) is 8. The number of ether oxygens (including phenoxy) is 1. The Bertz CT molecular complexity index is 1140. The van der Waals surface area contributed by atoms with E-state index in [1.807, 2.05) is 0 Å². The zero-order chi connectivity index (χ0) is 22.8. The average Bonchev–Trinajstić information content (AvgIpc) is 3.16. The van der Waals surface area contributed by atoms with Gasteiger partial charge >= 0.3 is 5.97 Å². The fourth-order valence-electron chi connectivity index (χ4n) is 2.84. The van der Waals surface area contributed by atoms with Crippen molar-refractivity contribution in [3.05, 3.63) is 58.9 Å². The Morgan fingerprint density at radius 1 is 1.23 bits per heavy atom. The molecule has 2 heterocycles. The molecule has 2 aliphatic heterocycles. The molecule has 0 radical (unpaired) electrons. The first kappa shape index (κ1) is 22.6. The number of rotatable bonds is 7. The number of hydrogen-bond donors (Lipinski definition) is 2. The van der Waals surface area contributed by atoms with Crippen LogP contribution < -0.4 is 9.64 Å². The molecule has 0 aliphatic carbocycles. The first-order valence-corrected chi connectivity index (χ1v) is 11.3. The zero-order valence-corrected chi connectivity index (χ0v) is 17.9. The summed E-state index contributed by atoms with van der Waals surface area (Å²) in [5.74, 6) is -1.64. The van der Waals surface area contributed by atoms with E-state index in [0.29, 0.717) is 39.6 Å². The molecule has 0 aromatic heterocycles. The summed E-state index contributed by atoms with van der Waals surface area (Å²) in [6.07, 6.45) is 4.62. The van der Waals surface area contributed by atoms with Crippen molar-refractivity contribution >= 4 is 44.7 Å². The van der Waals surface area contributed by atoms with Crippen molar-refractivity contribution in [3.63, 3.8) is 0 Å². The van der Waals surface area contributed by atoms with Gasteiger partial charge in [0.1, 0.15) is 6.54 Å². The Morgan fingerprint density at radius 2 is 1.94 bits per heavy atom. The molecule has 10 nitrogen and oxygen atoms in total. The quantitative estimate of drug-likeness (QED) is 0.454. The molecule has 31 heavy (non-hydrogen) atoms. The van der Waals surface area contributed by atoms with E-state index in [-0.39, 0.29) is 11.4 Å². The number of para-hydroxylation sites is 2. The van der Waals surface area contributed by atoms with E-state index in [1.54, 1.807) is 48.2 Å². The number of benzene rings is 1. The number of carboxylic acid groups (broad SMARTS) is 1. The first-order valence-electron chi connectivity index (χ1n) is 8.90. The van der Waals surface area contributed by atoms with Gasteiger partial charge in [-0.05, 0) is 48.5 Å². The van der Waals surface area contributed by atoms with Gasteiger partial charge in [0.25, 0.3) is 21.3 Å². The summed E-state index contributed by atoms with van der Waals surface area (Å²) >= 11 is 0.649. The standard InChI is InChI=1S/C19H18N2O8S2/c1-12(10-15-18(24)21(11-17(22)23)19(25)30-15)6-7-16-20(8-9-31(26,27)28)13-4-2-3-5-14(13)29-16/h2-7,10H,8-9,11H2,1H3,(H,22,23)(H,26,27,28). The molecule has 0 bridgehead atoms. The molecule has 0 unspecified atom stereocenters. The van der Waals surface area contributed by atoms with Gasteiger partial charge < -0.3 is 14.7 Å². The van der Waals surface area contributed by atoms with Crippen LogP contribution in [0.4, 0.5) is 10.5 Å². The molecule has 164 valence electrons. The number of fused-ring (bicyclic) bond motifs is 1. The predicted molar refractivity (Wildman–Crippen MR) is 113 cm³/mol. The SMILES string of the molecule is CC(=CC=C1Oc2ccccc2N1CCS(=O)(=O)O)C=C1SC(=O)N(CC(=O)O)C1=O. The molecular weight excluding hydrogens is 448 g/mol. The van der Waals surface area contributed by atoms with E-state index in [2.05, 4.69) is 0 Å². The van der Waals surface area contributed by atoms with Gasteiger partial charge in [0.05, 0.1) is 16.3 Å². The molecule has 0 spiro atoms. The third-order valence-electron chi connectivity index (χ3n) is 4.22. The van der Waals surface area contributed by atoms with E-state index in [4.69, 9.17) is 14.4 Å². The van der Waals surface area contributed by atoms with Crippen molar-refractivity contribution < 1.29 is 37.2 Å². The van der Waals surface area contributed by atoms with Crippen molar-refractivity contribution in [2.45, 2.75) is 6.92 Å². The number of carbonyl (C=O) groups is 3. The Labute approximate surface area is 182 Å². The highest BCUT2D eigenvalue weighted by atomic mass is 32.2. The minimum Gasteiger partial charge on any atom is -0.480 e. The van der Waals surface area contributed by atoms with Crippen LogP contribution in [0.5, 0.6) is 5.75 Å². The Balaban J connectivity index is 1.81. The minimum absolute atomic E-state index is 0.0390. The fraction of sp³-hybridized carbons (Fsp3) is 0.211. The van der Waals surface area contributed by atoms with E-state index in [0.717, 1.165) is 0 Å². The summed E-state index contributed by atoms with van der Waals surface area (Å²) in [6.45, 7) is 0.930. The summed E-state index contributed by atoms with van der Waals surface area (Å²) in [7, 11) is -4.18. The van der Waals surface area contributed by atoms with E-state index >= 15 is 0 Å². The lowest BCUT2D eigenvalue weighted by atomic mass is 10.2.